The minimum atomic E-state index is -0.188. The molecule has 1 aromatic heterocycles. The quantitative estimate of drug-likeness (QED) is 0.872. The second kappa shape index (κ2) is 7.57. The summed E-state index contributed by atoms with van der Waals surface area (Å²) in [5.41, 5.74) is 1.35. The number of aromatic nitrogens is 2. The highest BCUT2D eigenvalue weighted by Gasteiger charge is 2.19. The highest BCUT2D eigenvalue weighted by atomic mass is 35.5. The van der Waals surface area contributed by atoms with Crippen LogP contribution in [-0.2, 0) is 13.0 Å². The number of nitrogens with zero attached hydrogens (tertiary/aromatic N) is 2. The average Bonchev–Trinajstić information content (AvgIpc) is 2.75. The molecule has 0 saturated carbocycles. The molecule has 0 saturated heterocycles. The molecular weight excluding hydrogens is 344 g/mol. The number of urea groups is 1. The number of aryl methyl sites for hydroxylation is 1. The third-order valence-electron chi connectivity index (χ3n) is 3.85. The van der Waals surface area contributed by atoms with Gasteiger partial charge < -0.3 is 19.9 Å². The van der Waals surface area contributed by atoms with Gasteiger partial charge in [0.2, 0.25) is 0 Å². The number of halogens is 1. The molecular formula is C17H19ClN4O3. The molecule has 0 atom stereocenters. The average molecular weight is 363 g/mol. The molecule has 0 spiro atoms. The Morgan fingerprint density at radius 1 is 1.44 bits per heavy atom. The fraction of sp³-hybridized carbons (Fsp3) is 0.353. The number of H-pyrrole nitrogens is 1. The predicted octanol–water partition coefficient (Wildman–Crippen LogP) is 1.88. The number of ether oxygens (including phenoxy) is 1. The Balaban J connectivity index is 1.58. The summed E-state index contributed by atoms with van der Waals surface area (Å²) in [5.74, 6) is 1.31. The highest BCUT2D eigenvalue weighted by molar-refractivity contribution is 6.30. The summed E-state index contributed by atoms with van der Waals surface area (Å²) in [6.07, 6.45) is 0.454. The minimum absolute atomic E-state index is 0.188. The monoisotopic (exact) mass is 362 g/mol. The second-order valence-electron chi connectivity index (χ2n) is 5.84. The van der Waals surface area contributed by atoms with E-state index in [1.807, 2.05) is 12.1 Å². The van der Waals surface area contributed by atoms with Crippen LogP contribution in [0.25, 0.3) is 0 Å². The molecule has 2 amide bonds. The molecule has 0 bridgehead atoms. The van der Waals surface area contributed by atoms with E-state index >= 15 is 0 Å². The van der Waals surface area contributed by atoms with Gasteiger partial charge in [-0.25, -0.2) is 9.78 Å². The molecule has 0 fully saturated rings. The van der Waals surface area contributed by atoms with Crippen LogP contribution in [0, 0.1) is 6.92 Å². The lowest BCUT2D eigenvalue weighted by atomic mass is 10.2. The summed E-state index contributed by atoms with van der Waals surface area (Å²) >= 11 is 6.02. The summed E-state index contributed by atoms with van der Waals surface area (Å²) in [6, 6.07) is 6.64. The lowest BCUT2D eigenvalue weighted by Gasteiger charge is -2.20. The van der Waals surface area contributed by atoms with Crippen molar-refractivity contribution in [3.8, 4) is 5.75 Å². The standard InChI is InChI=1S/C17H19ClN4O3/c1-11-8-16(23)21-15(20-11)4-5-19-17(24)22-6-7-25-14-3-2-13(18)9-12(14)10-22/h2-3,8-9H,4-7,10H2,1H3,(H,19,24)(H,20,21,23). The number of hydrogen-bond acceptors (Lipinski definition) is 4. The minimum Gasteiger partial charge on any atom is -0.491 e. The molecule has 8 heteroatoms. The van der Waals surface area contributed by atoms with Gasteiger partial charge in [-0.1, -0.05) is 11.6 Å². The van der Waals surface area contributed by atoms with Crippen molar-refractivity contribution in [2.24, 2.45) is 0 Å². The molecule has 7 nitrogen and oxygen atoms in total. The van der Waals surface area contributed by atoms with E-state index in [1.165, 1.54) is 6.07 Å². The Kier molecular flexibility index (Phi) is 5.23. The van der Waals surface area contributed by atoms with Gasteiger partial charge in [0.15, 0.2) is 0 Å². The van der Waals surface area contributed by atoms with E-state index < -0.39 is 0 Å². The van der Waals surface area contributed by atoms with Crippen molar-refractivity contribution in [1.82, 2.24) is 20.2 Å². The van der Waals surface area contributed by atoms with E-state index in [-0.39, 0.29) is 11.6 Å². The Bertz CT molecular complexity index is 837. The molecule has 25 heavy (non-hydrogen) atoms. The van der Waals surface area contributed by atoms with Gasteiger partial charge in [-0.3, -0.25) is 4.79 Å². The van der Waals surface area contributed by atoms with Crippen LogP contribution < -0.4 is 15.6 Å². The number of fused-ring (bicyclic) bond motifs is 1. The first kappa shape index (κ1) is 17.3. The predicted molar refractivity (Wildman–Crippen MR) is 94.1 cm³/mol. The zero-order valence-corrected chi connectivity index (χ0v) is 14.6. The molecule has 2 aromatic rings. The van der Waals surface area contributed by atoms with Gasteiger partial charge in [0, 0.05) is 35.3 Å². The first-order valence-corrected chi connectivity index (χ1v) is 8.40. The molecule has 1 aromatic carbocycles. The number of hydrogen-bond donors (Lipinski definition) is 2. The van der Waals surface area contributed by atoms with Crippen molar-refractivity contribution in [2.75, 3.05) is 19.7 Å². The van der Waals surface area contributed by atoms with Crippen LogP contribution >= 0.6 is 11.6 Å². The van der Waals surface area contributed by atoms with Crippen molar-refractivity contribution in [1.29, 1.82) is 0 Å². The van der Waals surface area contributed by atoms with Crippen LogP contribution in [-0.4, -0.2) is 40.6 Å². The fourth-order valence-electron chi connectivity index (χ4n) is 2.70. The molecule has 0 aliphatic carbocycles. The summed E-state index contributed by atoms with van der Waals surface area (Å²) in [4.78, 5) is 32.4. The number of amides is 2. The molecule has 2 heterocycles. The molecule has 1 aliphatic heterocycles. The van der Waals surface area contributed by atoms with E-state index in [9.17, 15) is 9.59 Å². The van der Waals surface area contributed by atoms with Gasteiger partial charge in [-0.15, -0.1) is 0 Å². The van der Waals surface area contributed by atoms with Gasteiger partial charge in [0.05, 0.1) is 13.1 Å². The summed E-state index contributed by atoms with van der Waals surface area (Å²) in [7, 11) is 0. The van der Waals surface area contributed by atoms with Crippen molar-refractivity contribution in [2.45, 2.75) is 19.9 Å². The largest absolute Gasteiger partial charge is 0.491 e. The maximum atomic E-state index is 12.4. The Hall–Kier alpha value is -2.54. The number of aromatic amines is 1. The normalized spacial score (nSPS) is 13.6. The first-order valence-electron chi connectivity index (χ1n) is 8.02. The van der Waals surface area contributed by atoms with Gasteiger partial charge in [0.25, 0.3) is 5.56 Å². The van der Waals surface area contributed by atoms with E-state index in [1.54, 1.807) is 17.9 Å². The number of nitrogens with one attached hydrogen (secondary N) is 2. The topological polar surface area (TPSA) is 87.3 Å². The van der Waals surface area contributed by atoms with E-state index in [4.69, 9.17) is 16.3 Å². The zero-order chi connectivity index (χ0) is 17.8. The van der Waals surface area contributed by atoms with Crippen molar-refractivity contribution < 1.29 is 9.53 Å². The van der Waals surface area contributed by atoms with E-state index in [2.05, 4.69) is 15.3 Å². The smallest absolute Gasteiger partial charge is 0.317 e. The molecule has 132 valence electrons. The maximum absolute atomic E-state index is 12.4. The third-order valence-corrected chi connectivity index (χ3v) is 4.08. The Morgan fingerprint density at radius 3 is 3.08 bits per heavy atom. The molecule has 0 unspecified atom stereocenters. The van der Waals surface area contributed by atoms with Crippen molar-refractivity contribution >= 4 is 17.6 Å². The SMILES string of the molecule is Cc1cc(=O)[nH]c(CCNC(=O)N2CCOc3ccc(Cl)cc3C2)n1. The van der Waals surface area contributed by atoms with E-state index in [0.717, 1.165) is 11.3 Å². The van der Waals surface area contributed by atoms with Crippen molar-refractivity contribution in [3.05, 3.63) is 56.7 Å². The van der Waals surface area contributed by atoms with Crippen LogP contribution in [0.15, 0.2) is 29.1 Å². The molecule has 3 rings (SSSR count). The summed E-state index contributed by atoms with van der Waals surface area (Å²) in [6.45, 7) is 3.48. The number of carbonyl (C=O) groups excluding carboxylic acids is 1. The van der Waals surface area contributed by atoms with Crippen LogP contribution in [0.2, 0.25) is 5.02 Å². The molecule has 1 aliphatic rings. The number of benzene rings is 1. The van der Waals surface area contributed by atoms with E-state index in [0.29, 0.717) is 49.2 Å². The first-order chi connectivity index (χ1) is 12.0. The van der Waals surface area contributed by atoms with Crippen molar-refractivity contribution in [3.63, 3.8) is 0 Å². The number of carbonyl (C=O) groups is 1. The van der Waals surface area contributed by atoms with Crippen LogP contribution in [0.4, 0.5) is 4.79 Å². The fourth-order valence-corrected chi connectivity index (χ4v) is 2.89. The third kappa shape index (κ3) is 4.51. The Morgan fingerprint density at radius 2 is 2.28 bits per heavy atom. The van der Waals surface area contributed by atoms with Crippen LogP contribution in [0.3, 0.4) is 0 Å². The summed E-state index contributed by atoms with van der Waals surface area (Å²) < 4.78 is 5.65. The van der Waals surface area contributed by atoms with Crippen LogP contribution in [0.5, 0.6) is 5.75 Å². The lowest BCUT2D eigenvalue weighted by molar-refractivity contribution is 0.188. The summed E-state index contributed by atoms with van der Waals surface area (Å²) in [5, 5.41) is 3.46. The maximum Gasteiger partial charge on any atom is 0.317 e. The lowest BCUT2D eigenvalue weighted by Crippen LogP contribution is -2.41. The molecule has 2 N–H and O–H groups in total. The number of rotatable bonds is 3. The molecule has 0 radical (unpaired) electrons. The van der Waals surface area contributed by atoms with Gasteiger partial charge in [-0.05, 0) is 25.1 Å². The zero-order valence-electron chi connectivity index (χ0n) is 13.8. The van der Waals surface area contributed by atoms with Gasteiger partial charge in [-0.2, -0.15) is 0 Å². The highest BCUT2D eigenvalue weighted by Crippen LogP contribution is 2.26. The van der Waals surface area contributed by atoms with Crippen LogP contribution in [0.1, 0.15) is 17.1 Å². The van der Waals surface area contributed by atoms with Gasteiger partial charge in [0.1, 0.15) is 18.2 Å². The Labute approximate surface area is 150 Å². The van der Waals surface area contributed by atoms with Gasteiger partial charge >= 0.3 is 6.03 Å². The second-order valence-corrected chi connectivity index (χ2v) is 6.27.